The molecule has 0 bridgehead atoms. The number of carbonyl (C=O) groups excluding carboxylic acids is 1. The molecular formula is C21H21NO. The Morgan fingerprint density at radius 2 is 1.61 bits per heavy atom. The summed E-state index contributed by atoms with van der Waals surface area (Å²) in [5, 5.41) is 5.43. The molecule has 0 saturated carbocycles. The first-order chi connectivity index (χ1) is 11.2. The van der Waals surface area contributed by atoms with Gasteiger partial charge in [-0.3, -0.25) is 4.79 Å². The van der Waals surface area contributed by atoms with Gasteiger partial charge in [-0.25, -0.2) is 0 Å². The third kappa shape index (κ3) is 3.98. The lowest BCUT2D eigenvalue weighted by Crippen LogP contribution is -2.35. The molecule has 0 radical (unpaired) electrons. The molecule has 0 aliphatic rings. The molecule has 0 fully saturated rings. The molecule has 116 valence electrons. The Morgan fingerprint density at radius 3 is 2.43 bits per heavy atom. The molecule has 3 aromatic rings. The van der Waals surface area contributed by atoms with Crippen molar-refractivity contribution in [1.82, 2.24) is 5.32 Å². The lowest BCUT2D eigenvalue weighted by atomic mass is 10.0. The molecule has 0 heterocycles. The summed E-state index contributed by atoms with van der Waals surface area (Å²) in [7, 11) is 0. The van der Waals surface area contributed by atoms with Gasteiger partial charge in [-0.05, 0) is 35.2 Å². The maximum atomic E-state index is 12.3. The SMILES string of the molecule is CC(Cc1ccccc1)NC(=O)Cc1cccc2ccccc12. The summed E-state index contributed by atoms with van der Waals surface area (Å²) in [6.07, 6.45) is 1.27. The van der Waals surface area contributed by atoms with E-state index in [2.05, 4.69) is 35.6 Å². The van der Waals surface area contributed by atoms with E-state index in [4.69, 9.17) is 0 Å². The zero-order chi connectivity index (χ0) is 16.1. The van der Waals surface area contributed by atoms with Gasteiger partial charge in [0.2, 0.25) is 5.91 Å². The fourth-order valence-electron chi connectivity index (χ4n) is 2.96. The van der Waals surface area contributed by atoms with Crippen molar-refractivity contribution in [2.75, 3.05) is 0 Å². The Balaban J connectivity index is 1.64. The van der Waals surface area contributed by atoms with Crippen molar-refractivity contribution in [2.45, 2.75) is 25.8 Å². The molecule has 1 amide bonds. The van der Waals surface area contributed by atoms with E-state index < -0.39 is 0 Å². The van der Waals surface area contributed by atoms with Crippen molar-refractivity contribution in [2.24, 2.45) is 0 Å². The van der Waals surface area contributed by atoms with Crippen LogP contribution < -0.4 is 5.32 Å². The quantitative estimate of drug-likeness (QED) is 0.754. The van der Waals surface area contributed by atoms with Gasteiger partial charge in [0.05, 0.1) is 6.42 Å². The molecule has 3 rings (SSSR count). The molecule has 0 saturated heterocycles. The van der Waals surface area contributed by atoms with Gasteiger partial charge < -0.3 is 5.32 Å². The Labute approximate surface area is 137 Å². The highest BCUT2D eigenvalue weighted by Gasteiger charge is 2.10. The van der Waals surface area contributed by atoms with Crippen LogP contribution >= 0.6 is 0 Å². The van der Waals surface area contributed by atoms with E-state index in [1.807, 2.05) is 49.4 Å². The average molecular weight is 303 g/mol. The molecule has 0 aliphatic heterocycles. The van der Waals surface area contributed by atoms with Crippen LogP contribution in [0, 0.1) is 0 Å². The maximum Gasteiger partial charge on any atom is 0.224 e. The zero-order valence-corrected chi connectivity index (χ0v) is 13.3. The van der Waals surface area contributed by atoms with Gasteiger partial charge in [-0.1, -0.05) is 72.8 Å². The summed E-state index contributed by atoms with van der Waals surface area (Å²) in [5.74, 6) is 0.0739. The third-order valence-corrected chi connectivity index (χ3v) is 4.02. The summed E-state index contributed by atoms with van der Waals surface area (Å²) in [4.78, 5) is 12.3. The summed E-state index contributed by atoms with van der Waals surface area (Å²) >= 11 is 0. The summed E-state index contributed by atoms with van der Waals surface area (Å²) < 4.78 is 0. The molecule has 0 aromatic heterocycles. The predicted octanol–water partition coefficient (Wildman–Crippen LogP) is 4.13. The van der Waals surface area contributed by atoms with Gasteiger partial charge in [0.15, 0.2) is 0 Å². The van der Waals surface area contributed by atoms with Crippen molar-refractivity contribution < 1.29 is 4.79 Å². The third-order valence-electron chi connectivity index (χ3n) is 4.02. The number of hydrogen-bond acceptors (Lipinski definition) is 1. The van der Waals surface area contributed by atoms with Crippen molar-refractivity contribution in [1.29, 1.82) is 0 Å². The Kier molecular flexibility index (Phi) is 4.72. The van der Waals surface area contributed by atoms with Crippen LogP contribution in [0.1, 0.15) is 18.1 Å². The molecule has 2 heteroatoms. The smallest absolute Gasteiger partial charge is 0.224 e. The first-order valence-corrected chi connectivity index (χ1v) is 8.02. The van der Waals surface area contributed by atoms with Crippen LogP contribution in [0.25, 0.3) is 10.8 Å². The monoisotopic (exact) mass is 303 g/mol. The van der Waals surface area contributed by atoms with Gasteiger partial charge in [0, 0.05) is 6.04 Å². The normalized spacial score (nSPS) is 12.0. The van der Waals surface area contributed by atoms with E-state index in [0.29, 0.717) is 6.42 Å². The van der Waals surface area contributed by atoms with Crippen molar-refractivity contribution in [3.8, 4) is 0 Å². The van der Waals surface area contributed by atoms with Gasteiger partial charge >= 0.3 is 0 Å². The van der Waals surface area contributed by atoms with E-state index in [-0.39, 0.29) is 11.9 Å². The fraction of sp³-hybridized carbons (Fsp3) is 0.190. The first kappa shape index (κ1) is 15.3. The topological polar surface area (TPSA) is 29.1 Å². The molecule has 1 atom stereocenters. The van der Waals surface area contributed by atoms with Crippen molar-refractivity contribution >= 4 is 16.7 Å². The Bertz CT molecular complexity index is 790. The number of nitrogens with one attached hydrogen (secondary N) is 1. The van der Waals surface area contributed by atoms with E-state index >= 15 is 0 Å². The number of benzene rings is 3. The van der Waals surface area contributed by atoms with E-state index in [1.54, 1.807) is 0 Å². The van der Waals surface area contributed by atoms with Crippen LogP contribution in [0.15, 0.2) is 72.8 Å². The van der Waals surface area contributed by atoms with Crippen molar-refractivity contribution in [3.05, 3.63) is 83.9 Å². The first-order valence-electron chi connectivity index (χ1n) is 8.02. The highest BCUT2D eigenvalue weighted by Crippen LogP contribution is 2.18. The number of fused-ring (bicyclic) bond motifs is 1. The molecule has 1 unspecified atom stereocenters. The highest BCUT2D eigenvalue weighted by molar-refractivity contribution is 5.90. The van der Waals surface area contributed by atoms with E-state index in [0.717, 1.165) is 17.4 Å². The van der Waals surface area contributed by atoms with Gasteiger partial charge in [0.25, 0.3) is 0 Å². The van der Waals surface area contributed by atoms with E-state index in [1.165, 1.54) is 10.9 Å². The summed E-state index contributed by atoms with van der Waals surface area (Å²) in [6, 6.07) is 24.7. The lowest BCUT2D eigenvalue weighted by molar-refractivity contribution is -0.121. The Hall–Kier alpha value is -2.61. The molecular weight excluding hydrogens is 282 g/mol. The number of carbonyl (C=O) groups is 1. The Morgan fingerprint density at radius 1 is 0.913 bits per heavy atom. The van der Waals surface area contributed by atoms with E-state index in [9.17, 15) is 4.79 Å². The maximum absolute atomic E-state index is 12.3. The molecule has 3 aromatic carbocycles. The van der Waals surface area contributed by atoms with Gasteiger partial charge in [-0.15, -0.1) is 0 Å². The lowest BCUT2D eigenvalue weighted by Gasteiger charge is -2.14. The van der Waals surface area contributed by atoms with Gasteiger partial charge in [-0.2, -0.15) is 0 Å². The van der Waals surface area contributed by atoms with Crippen LogP contribution in [-0.2, 0) is 17.6 Å². The molecule has 0 spiro atoms. The minimum atomic E-state index is 0.0739. The molecule has 23 heavy (non-hydrogen) atoms. The van der Waals surface area contributed by atoms with Crippen LogP contribution in [0.2, 0.25) is 0 Å². The second kappa shape index (κ2) is 7.10. The standard InChI is InChI=1S/C21H21NO/c1-16(14-17-8-3-2-4-9-17)22-21(23)15-19-12-7-11-18-10-5-6-13-20(18)19/h2-13,16H,14-15H2,1H3,(H,22,23). The largest absolute Gasteiger partial charge is 0.353 e. The van der Waals surface area contributed by atoms with Gasteiger partial charge in [0.1, 0.15) is 0 Å². The minimum absolute atomic E-state index is 0.0739. The number of hydrogen-bond donors (Lipinski definition) is 1. The minimum Gasteiger partial charge on any atom is -0.353 e. The molecule has 2 nitrogen and oxygen atoms in total. The number of amides is 1. The second-order valence-electron chi connectivity index (χ2n) is 5.97. The summed E-state index contributed by atoms with van der Waals surface area (Å²) in [5.41, 5.74) is 2.32. The van der Waals surface area contributed by atoms with Crippen LogP contribution in [-0.4, -0.2) is 11.9 Å². The second-order valence-corrected chi connectivity index (χ2v) is 5.97. The van der Waals surface area contributed by atoms with Crippen LogP contribution in [0.3, 0.4) is 0 Å². The van der Waals surface area contributed by atoms with Crippen LogP contribution in [0.5, 0.6) is 0 Å². The summed E-state index contributed by atoms with van der Waals surface area (Å²) in [6.45, 7) is 2.05. The fourth-order valence-corrected chi connectivity index (χ4v) is 2.96. The zero-order valence-electron chi connectivity index (χ0n) is 13.3. The van der Waals surface area contributed by atoms with Crippen LogP contribution in [0.4, 0.5) is 0 Å². The number of rotatable bonds is 5. The predicted molar refractivity (Wildman–Crippen MR) is 95.4 cm³/mol. The van der Waals surface area contributed by atoms with Crippen molar-refractivity contribution in [3.63, 3.8) is 0 Å². The molecule has 0 aliphatic carbocycles. The molecule has 1 N–H and O–H groups in total. The highest BCUT2D eigenvalue weighted by atomic mass is 16.1. The average Bonchev–Trinajstić information content (AvgIpc) is 2.56.